The number of hydrogen-bond donors (Lipinski definition) is 0. The number of nitriles is 1. The van der Waals surface area contributed by atoms with E-state index < -0.39 is 10.0 Å². The first-order chi connectivity index (χ1) is 16.6. The summed E-state index contributed by atoms with van der Waals surface area (Å²) in [7, 11) is -3.76. The Morgan fingerprint density at radius 1 is 0.971 bits per heavy atom. The molecule has 0 bridgehead atoms. The van der Waals surface area contributed by atoms with Crippen molar-refractivity contribution in [3.05, 3.63) is 65.6 Å². The number of anilines is 1. The zero-order valence-electron chi connectivity index (χ0n) is 18.9. The summed E-state index contributed by atoms with van der Waals surface area (Å²) >= 11 is 0. The molecule has 1 fully saturated rings. The number of rotatable bonds is 4. The van der Waals surface area contributed by atoms with E-state index >= 15 is 0 Å². The highest BCUT2D eigenvalue weighted by atomic mass is 32.2. The number of sulfonamides is 1. The van der Waals surface area contributed by atoms with Crippen molar-refractivity contribution in [3.63, 3.8) is 0 Å². The minimum Gasteiger partial charge on any atom is -0.356 e. The number of pyridine rings is 1. The van der Waals surface area contributed by atoms with E-state index in [-0.39, 0.29) is 11.4 Å². The lowest BCUT2D eigenvalue weighted by Gasteiger charge is -2.32. The fourth-order valence-corrected chi connectivity index (χ4v) is 6.08. The maximum atomic E-state index is 13.5. The minimum atomic E-state index is -3.76. The van der Waals surface area contributed by atoms with Crippen LogP contribution in [0.1, 0.15) is 42.5 Å². The summed E-state index contributed by atoms with van der Waals surface area (Å²) in [6, 6.07) is 12.0. The fourth-order valence-electron chi connectivity index (χ4n) is 4.62. The van der Waals surface area contributed by atoms with E-state index in [9.17, 15) is 13.7 Å². The van der Waals surface area contributed by atoms with Crippen LogP contribution in [0.4, 0.5) is 5.82 Å². The van der Waals surface area contributed by atoms with Gasteiger partial charge >= 0.3 is 0 Å². The second-order valence-electron chi connectivity index (χ2n) is 8.67. The number of benzene rings is 1. The zero-order chi connectivity index (χ0) is 23.5. The van der Waals surface area contributed by atoms with Gasteiger partial charge in [0.15, 0.2) is 5.82 Å². The quantitative estimate of drug-likeness (QED) is 0.570. The third-order valence-electron chi connectivity index (χ3n) is 6.43. The second kappa shape index (κ2) is 9.49. The minimum absolute atomic E-state index is 0.138. The Kier molecular flexibility index (Phi) is 6.26. The average Bonchev–Trinajstić information content (AvgIpc) is 3.18. The number of nitrogens with zero attached hydrogens (tertiary/aromatic N) is 6. The molecule has 1 saturated heterocycles. The molecule has 8 nitrogen and oxygen atoms in total. The topological polar surface area (TPSA) is 103 Å². The molecule has 0 saturated carbocycles. The van der Waals surface area contributed by atoms with E-state index in [1.54, 1.807) is 30.6 Å². The van der Waals surface area contributed by atoms with E-state index in [1.807, 2.05) is 18.2 Å². The smallest absolute Gasteiger partial charge is 0.243 e. The van der Waals surface area contributed by atoms with Crippen molar-refractivity contribution in [2.24, 2.45) is 0 Å². The molecule has 34 heavy (non-hydrogen) atoms. The van der Waals surface area contributed by atoms with Crippen LogP contribution in [0.3, 0.4) is 0 Å². The summed E-state index contributed by atoms with van der Waals surface area (Å²) in [6.45, 7) is 2.34. The van der Waals surface area contributed by atoms with Crippen LogP contribution in [-0.4, -0.2) is 47.3 Å². The van der Waals surface area contributed by atoms with Crippen LogP contribution in [0, 0.1) is 11.3 Å². The van der Waals surface area contributed by atoms with Gasteiger partial charge in [0.25, 0.3) is 0 Å². The molecular formula is C25H26N6O2S. The molecule has 1 aromatic carbocycles. The molecular weight excluding hydrogens is 448 g/mol. The Morgan fingerprint density at radius 2 is 1.79 bits per heavy atom. The molecule has 0 radical (unpaired) electrons. The molecule has 0 aliphatic carbocycles. The molecule has 0 N–H and O–H groups in total. The Bertz CT molecular complexity index is 1330. The lowest BCUT2D eigenvalue weighted by molar-refractivity contribution is 0.387. The molecule has 3 aromatic rings. The maximum Gasteiger partial charge on any atom is 0.243 e. The van der Waals surface area contributed by atoms with Crippen LogP contribution in [0.15, 0.2) is 53.7 Å². The van der Waals surface area contributed by atoms with Crippen LogP contribution in [0.25, 0.3) is 11.4 Å². The van der Waals surface area contributed by atoms with Crippen LogP contribution in [0.2, 0.25) is 0 Å². The lowest BCUT2D eigenvalue weighted by atomic mass is 10.1. The summed E-state index contributed by atoms with van der Waals surface area (Å²) in [5.41, 5.74) is 2.95. The Labute approximate surface area is 200 Å². The molecule has 0 unspecified atom stereocenters. The molecule has 4 heterocycles. The zero-order valence-corrected chi connectivity index (χ0v) is 19.7. The molecule has 0 amide bonds. The summed E-state index contributed by atoms with van der Waals surface area (Å²) in [4.78, 5) is 16.4. The van der Waals surface area contributed by atoms with Crippen molar-refractivity contribution in [1.82, 2.24) is 19.3 Å². The normalized spacial score (nSPS) is 17.0. The molecule has 0 atom stereocenters. The van der Waals surface area contributed by atoms with Crippen molar-refractivity contribution in [2.45, 2.75) is 43.5 Å². The van der Waals surface area contributed by atoms with Crippen LogP contribution in [0.5, 0.6) is 0 Å². The van der Waals surface area contributed by atoms with E-state index in [1.165, 1.54) is 23.2 Å². The molecule has 2 aliphatic rings. The van der Waals surface area contributed by atoms with Gasteiger partial charge in [-0.05, 0) is 43.2 Å². The highest BCUT2D eigenvalue weighted by Crippen LogP contribution is 2.33. The highest BCUT2D eigenvalue weighted by molar-refractivity contribution is 7.89. The number of fused-ring (bicyclic) bond motifs is 1. The van der Waals surface area contributed by atoms with Crippen molar-refractivity contribution < 1.29 is 8.42 Å². The van der Waals surface area contributed by atoms with Crippen LogP contribution >= 0.6 is 0 Å². The summed E-state index contributed by atoms with van der Waals surface area (Å²) in [6.07, 6.45) is 8.54. The Morgan fingerprint density at radius 3 is 2.53 bits per heavy atom. The van der Waals surface area contributed by atoms with E-state index in [4.69, 9.17) is 9.97 Å². The third-order valence-corrected chi connectivity index (χ3v) is 8.27. The number of aromatic nitrogens is 3. The van der Waals surface area contributed by atoms with Gasteiger partial charge in [-0.15, -0.1) is 0 Å². The van der Waals surface area contributed by atoms with Crippen LogP contribution < -0.4 is 4.90 Å². The number of hydrogen-bond acceptors (Lipinski definition) is 7. The molecule has 2 aliphatic heterocycles. The maximum absolute atomic E-state index is 13.5. The average molecular weight is 475 g/mol. The van der Waals surface area contributed by atoms with E-state index in [0.29, 0.717) is 24.4 Å². The molecule has 0 spiro atoms. The van der Waals surface area contributed by atoms with Gasteiger partial charge in [0.1, 0.15) is 5.82 Å². The van der Waals surface area contributed by atoms with Gasteiger partial charge in [-0.25, -0.2) is 18.4 Å². The van der Waals surface area contributed by atoms with Gasteiger partial charge in [0.2, 0.25) is 10.0 Å². The monoisotopic (exact) mass is 474 g/mol. The van der Waals surface area contributed by atoms with Gasteiger partial charge in [0, 0.05) is 56.1 Å². The third kappa shape index (κ3) is 4.39. The standard InChI is InChI=1S/C25H26N6O2S/c26-16-19-7-5-9-21(15-19)34(32,33)31-14-10-23-22(18-31)25(30-12-3-1-2-4-13-30)29-24(28-23)20-8-6-11-27-17-20/h5-9,11,15,17H,1-4,10,12-14,18H2. The summed E-state index contributed by atoms with van der Waals surface area (Å²) < 4.78 is 28.4. The Hall–Kier alpha value is -3.35. The van der Waals surface area contributed by atoms with Crippen molar-refractivity contribution >= 4 is 15.8 Å². The first-order valence-corrected chi connectivity index (χ1v) is 13.1. The van der Waals surface area contributed by atoms with Gasteiger partial charge < -0.3 is 4.90 Å². The van der Waals surface area contributed by atoms with Gasteiger partial charge in [0.05, 0.1) is 22.2 Å². The van der Waals surface area contributed by atoms with Crippen molar-refractivity contribution in [1.29, 1.82) is 5.26 Å². The summed E-state index contributed by atoms with van der Waals surface area (Å²) in [5, 5.41) is 9.21. The van der Waals surface area contributed by atoms with E-state index in [0.717, 1.165) is 48.6 Å². The molecule has 9 heteroatoms. The SMILES string of the molecule is N#Cc1cccc(S(=O)(=O)N2CCc3nc(-c4cccnc4)nc(N4CCCCCC4)c3C2)c1. The fraction of sp³-hybridized carbons (Fsp3) is 0.360. The van der Waals surface area contributed by atoms with E-state index in [2.05, 4.69) is 9.88 Å². The predicted molar refractivity (Wildman–Crippen MR) is 128 cm³/mol. The second-order valence-corrected chi connectivity index (χ2v) is 10.6. The van der Waals surface area contributed by atoms with Gasteiger partial charge in [-0.1, -0.05) is 18.9 Å². The summed E-state index contributed by atoms with van der Waals surface area (Å²) in [5.74, 6) is 1.46. The predicted octanol–water partition coefficient (Wildman–Crippen LogP) is 3.54. The lowest BCUT2D eigenvalue weighted by Crippen LogP contribution is -2.38. The largest absolute Gasteiger partial charge is 0.356 e. The van der Waals surface area contributed by atoms with Gasteiger partial charge in [-0.2, -0.15) is 9.57 Å². The highest BCUT2D eigenvalue weighted by Gasteiger charge is 2.32. The van der Waals surface area contributed by atoms with Gasteiger partial charge in [-0.3, -0.25) is 4.98 Å². The first-order valence-electron chi connectivity index (χ1n) is 11.6. The molecule has 174 valence electrons. The molecule has 2 aromatic heterocycles. The van der Waals surface area contributed by atoms with Crippen molar-refractivity contribution in [2.75, 3.05) is 24.5 Å². The Balaban J connectivity index is 1.56. The van der Waals surface area contributed by atoms with Crippen LogP contribution in [-0.2, 0) is 23.0 Å². The molecule has 5 rings (SSSR count). The van der Waals surface area contributed by atoms with Crippen molar-refractivity contribution in [3.8, 4) is 17.5 Å². The first kappa shape index (κ1) is 22.4.